The zero-order chi connectivity index (χ0) is 10.5. The largest absolute Gasteiger partial charge is 0.377 e. The number of hydrogen-bond acceptors (Lipinski definition) is 3. The van der Waals surface area contributed by atoms with Gasteiger partial charge in [0.25, 0.3) is 0 Å². The Kier molecular flexibility index (Phi) is 3.86. The van der Waals surface area contributed by atoms with Crippen LogP contribution in [0.1, 0.15) is 23.3 Å². The number of hydrogen-bond donors (Lipinski definition) is 1. The average molecular weight is 225 g/mol. The van der Waals surface area contributed by atoms with E-state index >= 15 is 0 Å². The Labute approximate surface area is 93.6 Å². The molecule has 2 heterocycles. The monoisotopic (exact) mass is 225 g/mol. The van der Waals surface area contributed by atoms with Gasteiger partial charge < -0.3 is 9.72 Å². The summed E-state index contributed by atoms with van der Waals surface area (Å²) in [5.41, 5.74) is 0.704. The highest BCUT2D eigenvalue weighted by atomic mass is 32.2. The lowest BCUT2D eigenvalue weighted by Gasteiger charge is -2.07. The molecule has 15 heavy (non-hydrogen) atoms. The van der Waals surface area contributed by atoms with Crippen LogP contribution < -0.4 is 0 Å². The summed E-state index contributed by atoms with van der Waals surface area (Å²) < 4.78 is 5.49. The second-order valence-corrected chi connectivity index (χ2v) is 4.69. The second kappa shape index (κ2) is 5.37. The molecular weight excluding hydrogens is 210 g/mol. The van der Waals surface area contributed by atoms with Gasteiger partial charge in [-0.25, -0.2) is 0 Å². The summed E-state index contributed by atoms with van der Waals surface area (Å²) in [6.07, 6.45) is 4.45. The molecule has 1 aromatic heterocycles. The lowest BCUT2D eigenvalue weighted by Crippen LogP contribution is -2.11. The molecule has 1 saturated heterocycles. The van der Waals surface area contributed by atoms with Crippen molar-refractivity contribution in [3.8, 4) is 0 Å². The van der Waals surface area contributed by atoms with Crippen LogP contribution in [0.5, 0.6) is 0 Å². The quantitative estimate of drug-likeness (QED) is 0.780. The minimum atomic E-state index is 0.169. The van der Waals surface area contributed by atoms with E-state index < -0.39 is 0 Å². The van der Waals surface area contributed by atoms with Gasteiger partial charge in [-0.1, -0.05) is 0 Å². The highest BCUT2D eigenvalue weighted by Gasteiger charge is 2.16. The molecule has 82 valence electrons. The number of ether oxygens (including phenoxy) is 1. The van der Waals surface area contributed by atoms with Crippen LogP contribution in [0.15, 0.2) is 18.3 Å². The van der Waals surface area contributed by atoms with Gasteiger partial charge in [0, 0.05) is 18.6 Å². The van der Waals surface area contributed by atoms with Crippen molar-refractivity contribution in [3.63, 3.8) is 0 Å². The zero-order valence-corrected chi connectivity index (χ0v) is 9.39. The Morgan fingerprint density at radius 1 is 1.67 bits per heavy atom. The Hall–Kier alpha value is -0.740. The van der Waals surface area contributed by atoms with Crippen molar-refractivity contribution in [2.45, 2.75) is 18.9 Å². The summed E-state index contributed by atoms with van der Waals surface area (Å²) in [5, 5.41) is 0. The predicted molar refractivity (Wildman–Crippen MR) is 61.4 cm³/mol. The van der Waals surface area contributed by atoms with Crippen LogP contribution in [0.4, 0.5) is 0 Å². The molecule has 1 N–H and O–H groups in total. The van der Waals surface area contributed by atoms with E-state index in [0.29, 0.717) is 17.6 Å². The number of carbonyl (C=O) groups is 1. The number of carbonyl (C=O) groups excluding carboxylic acids is 1. The number of aromatic amines is 1. The van der Waals surface area contributed by atoms with Gasteiger partial charge in [0.2, 0.25) is 0 Å². The molecule has 1 aliphatic heterocycles. The molecule has 0 spiro atoms. The van der Waals surface area contributed by atoms with Crippen LogP contribution in [-0.2, 0) is 4.74 Å². The predicted octanol–water partition coefficient (Wildman–Crippen LogP) is 2.11. The fourth-order valence-electron chi connectivity index (χ4n) is 1.64. The van der Waals surface area contributed by atoms with Crippen molar-refractivity contribution in [1.29, 1.82) is 0 Å². The zero-order valence-electron chi connectivity index (χ0n) is 8.57. The Morgan fingerprint density at radius 3 is 3.27 bits per heavy atom. The minimum absolute atomic E-state index is 0.169. The highest BCUT2D eigenvalue weighted by molar-refractivity contribution is 8.00. The lowest BCUT2D eigenvalue weighted by atomic mass is 10.3. The molecule has 1 aliphatic rings. The normalized spacial score (nSPS) is 20.7. The molecule has 0 amide bonds. The molecule has 1 atom stereocenters. The summed E-state index contributed by atoms with van der Waals surface area (Å²) in [7, 11) is 0. The molecule has 0 aromatic carbocycles. The van der Waals surface area contributed by atoms with Gasteiger partial charge in [-0.05, 0) is 25.0 Å². The maximum absolute atomic E-state index is 11.6. The number of Topliss-reactive ketones (excluding diaryl/α,β-unsaturated/α-hetero) is 1. The van der Waals surface area contributed by atoms with Crippen molar-refractivity contribution in [1.82, 2.24) is 4.98 Å². The molecule has 1 fully saturated rings. The summed E-state index contributed by atoms with van der Waals surface area (Å²) in [6.45, 7) is 0.885. The number of nitrogens with one attached hydrogen (secondary N) is 1. The van der Waals surface area contributed by atoms with Gasteiger partial charge in [0.1, 0.15) is 0 Å². The fraction of sp³-hybridized carbons (Fsp3) is 0.545. The number of thioether (sulfide) groups is 1. The van der Waals surface area contributed by atoms with Gasteiger partial charge in [-0.2, -0.15) is 11.8 Å². The van der Waals surface area contributed by atoms with Crippen molar-refractivity contribution in [3.05, 3.63) is 24.0 Å². The standard InChI is InChI=1S/C11H15NO2S/c13-11(10-4-1-5-12-10)8-15-7-9-3-2-6-14-9/h1,4-5,9,12H,2-3,6-8H2. The van der Waals surface area contributed by atoms with Crippen molar-refractivity contribution in [2.75, 3.05) is 18.1 Å². The first-order chi connectivity index (χ1) is 7.36. The Balaban J connectivity index is 1.67. The maximum atomic E-state index is 11.6. The Bertz CT molecular complexity index is 304. The molecule has 1 unspecified atom stereocenters. The lowest BCUT2D eigenvalue weighted by molar-refractivity contribution is 0.101. The molecule has 0 saturated carbocycles. The summed E-state index contributed by atoms with van der Waals surface area (Å²) >= 11 is 1.66. The first-order valence-electron chi connectivity index (χ1n) is 5.22. The molecule has 0 bridgehead atoms. The van der Waals surface area contributed by atoms with E-state index in [9.17, 15) is 4.79 Å². The van der Waals surface area contributed by atoms with Gasteiger partial charge in [0.15, 0.2) is 5.78 Å². The van der Waals surface area contributed by atoms with Crippen LogP contribution in [0.25, 0.3) is 0 Å². The van der Waals surface area contributed by atoms with Crippen LogP contribution >= 0.6 is 11.8 Å². The van der Waals surface area contributed by atoms with E-state index in [2.05, 4.69) is 4.98 Å². The maximum Gasteiger partial charge on any atom is 0.188 e. The minimum Gasteiger partial charge on any atom is -0.377 e. The van der Waals surface area contributed by atoms with E-state index in [0.717, 1.165) is 25.2 Å². The van der Waals surface area contributed by atoms with Crippen molar-refractivity contribution in [2.24, 2.45) is 0 Å². The van der Waals surface area contributed by atoms with E-state index in [1.54, 1.807) is 18.0 Å². The van der Waals surface area contributed by atoms with Crippen LogP contribution in [0.2, 0.25) is 0 Å². The highest BCUT2D eigenvalue weighted by Crippen LogP contribution is 2.17. The average Bonchev–Trinajstić information content (AvgIpc) is 2.90. The van der Waals surface area contributed by atoms with Gasteiger partial charge in [-0.15, -0.1) is 0 Å². The topological polar surface area (TPSA) is 42.1 Å². The molecule has 1 aromatic rings. The van der Waals surface area contributed by atoms with Crippen LogP contribution in [0, 0.1) is 0 Å². The fourth-order valence-corrected chi connectivity index (χ4v) is 2.62. The third-order valence-corrected chi connectivity index (χ3v) is 3.53. The first kappa shape index (κ1) is 10.8. The Morgan fingerprint density at radius 2 is 2.60 bits per heavy atom. The first-order valence-corrected chi connectivity index (χ1v) is 6.37. The number of aromatic nitrogens is 1. The summed E-state index contributed by atoms with van der Waals surface area (Å²) in [4.78, 5) is 14.5. The number of ketones is 1. The van der Waals surface area contributed by atoms with Crippen molar-refractivity contribution < 1.29 is 9.53 Å². The molecule has 3 nitrogen and oxygen atoms in total. The van der Waals surface area contributed by atoms with Crippen molar-refractivity contribution >= 4 is 17.5 Å². The van der Waals surface area contributed by atoms with E-state index in [4.69, 9.17) is 4.74 Å². The summed E-state index contributed by atoms with van der Waals surface area (Å²) in [6, 6.07) is 3.66. The molecular formula is C11H15NO2S. The van der Waals surface area contributed by atoms with Gasteiger partial charge in [-0.3, -0.25) is 4.79 Å². The smallest absolute Gasteiger partial charge is 0.188 e. The van der Waals surface area contributed by atoms with E-state index in [1.807, 2.05) is 12.1 Å². The molecule has 0 radical (unpaired) electrons. The van der Waals surface area contributed by atoms with Gasteiger partial charge >= 0.3 is 0 Å². The molecule has 0 aliphatic carbocycles. The van der Waals surface area contributed by atoms with E-state index in [1.165, 1.54) is 0 Å². The third-order valence-electron chi connectivity index (χ3n) is 2.46. The third kappa shape index (κ3) is 3.11. The second-order valence-electron chi connectivity index (χ2n) is 3.66. The van der Waals surface area contributed by atoms with E-state index in [-0.39, 0.29) is 5.78 Å². The molecule has 2 rings (SSSR count). The van der Waals surface area contributed by atoms with Crippen LogP contribution in [0.3, 0.4) is 0 Å². The SMILES string of the molecule is O=C(CSCC1CCCO1)c1ccc[nH]1. The number of rotatable bonds is 5. The van der Waals surface area contributed by atoms with Crippen LogP contribution in [-0.4, -0.2) is 35.0 Å². The molecule has 4 heteroatoms. The number of H-pyrrole nitrogens is 1. The summed E-state index contributed by atoms with van der Waals surface area (Å²) in [5.74, 6) is 1.65. The van der Waals surface area contributed by atoms with Gasteiger partial charge in [0.05, 0.1) is 17.6 Å².